The molecule has 0 aliphatic carbocycles. The molecular formula is C11H21F3N2S. The number of hydrogen-bond acceptors (Lipinski definition) is 3. The summed E-state index contributed by atoms with van der Waals surface area (Å²) < 4.78 is 36.0. The normalized spacial score (nSPS) is 22.4. The predicted molar refractivity (Wildman–Crippen MR) is 66.5 cm³/mol. The fraction of sp³-hybridized carbons (Fsp3) is 1.00. The molecule has 1 fully saturated rings. The summed E-state index contributed by atoms with van der Waals surface area (Å²) in [6.07, 6.45) is -3.01. The lowest BCUT2D eigenvalue weighted by molar-refractivity contribution is -0.124. The summed E-state index contributed by atoms with van der Waals surface area (Å²) in [5, 5.41) is 2.44. The molecule has 6 heteroatoms. The lowest BCUT2D eigenvalue weighted by Crippen LogP contribution is -2.37. The van der Waals surface area contributed by atoms with Crippen molar-refractivity contribution in [1.82, 2.24) is 10.2 Å². The minimum absolute atomic E-state index is 0.300. The highest BCUT2D eigenvalue weighted by Crippen LogP contribution is 2.30. The molecule has 0 saturated carbocycles. The minimum Gasteiger partial charge on any atom is -0.307 e. The van der Waals surface area contributed by atoms with Gasteiger partial charge in [0, 0.05) is 30.1 Å². The fourth-order valence-electron chi connectivity index (χ4n) is 1.75. The predicted octanol–water partition coefficient (Wildman–Crippen LogP) is 2.36. The molecule has 0 aromatic heterocycles. The van der Waals surface area contributed by atoms with Crippen molar-refractivity contribution in [2.75, 3.05) is 38.5 Å². The molecule has 1 N–H and O–H groups in total. The Morgan fingerprint density at radius 2 is 2.00 bits per heavy atom. The van der Waals surface area contributed by atoms with Gasteiger partial charge in [-0.05, 0) is 13.0 Å². The Morgan fingerprint density at radius 3 is 2.65 bits per heavy atom. The highest BCUT2D eigenvalue weighted by molar-refractivity contribution is 8.00. The van der Waals surface area contributed by atoms with Gasteiger partial charge in [-0.1, -0.05) is 13.8 Å². The molecule has 0 amide bonds. The first-order chi connectivity index (χ1) is 7.79. The van der Waals surface area contributed by atoms with E-state index in [4.69, 9.17) is 0 Å². The summed E-state index contributed by atoms with van der Waals surface area (Å²) in [6, 6.07) is 0. The van der Waals surface area contributed by atoms with E-state index in [1.165, 1.54) is 0 Å². The molecule has 0 atom stereocenters. The molecule has 102 valence electrons. The Hall–Kier alpha value is 0.0600. The van der Waals surface area contributed by atoms with E-state index in [0.717, 1.165) is 25.3 Å². The molecule has 0 bridgehead atoms. The number of thioether (sulfide) groups is 1. The first-order valence-corrected chi connectivity index (χ1v) is 6.91. The molecule has 0 spiro atoms. The van der Waals surface area contributed by atoms with Crippen LogP contribution in [0.4, 0.5) is 13.2 Å². The summed E-state index contributed by atoms with van der Waals surface area (Å²) >= 11 is 1.95. The van der Waals surface area contributed by atoms with Crippen LogP contribution in [-0.2, 0) is 0 Å². The van der Waals surface area contributed by atoms with Crippen molar-refractivity contribution in [2.45, 2.75) is 31.2 Å². The van der Waals surface area contributed by atoms with Crippen LogP contribution >= 0.6 is 11.8 Å². The fourth-order valence-corrected chi connectivity index (χ4v) is 2.89. The number of hydrogen-bond donors (Lipinski definition) is 1. The van der Waals surface area contributed by atoms with E-state index < -0.39 is 12.7 Å². The van der Waals surface area contributed by atoms with Crippen molar-refractivity contribution >= 4 is 11.8 Å². The largest absolute Gasteiger partial charge is 0.401 e. The number of nitrogens with zero attached hydrogens (tertiary/aromatic N) is 1. The second kappa shape index (κ2) is 6.29. The number of alkyl halides is 3. The summed E-state index contributed by atoms with van der Waals surface area (Å²) in [5.74, 6) is 1.06. The van der Waals surface area contributed by atoms with Gasteiger partial charge in [0.2, 0.25) is 0 Å². The van der Waals surface area contributed by atoms with Crippen molar-refractivity contribution in [3.63, 3.8) is 0 Å². The van der Waals surface area contributed by atoms with Gasteiger partial charge in [0.1, 0.15) is 0 Å². The zero-order valence-corrected chi connectivity index (χ0v) is 11.3. The molecule has 1 aliphatic rings. The summed E-state index contributed by atoms with van der Waals surface area (Å²) in [6.45, 7) is 6.63. The van der Waals surface area contributed by atoms with E-state index >= 15 is 0 Å². The Bertz CT molecular complexity index is 231. The smallest absolute Gasteiger partial charge is 0.307 e. The number of nitrogens with one attached hydrogen (secondary N) is 1. The second-order valence-corrected chi connectivity index (χ2v) is 6.79. The van der Waals surface area contributed by atoms with Gasteiger partial charge >= 0.3 is 6.18 Å². The quantitative estimate of drug-likeness (QED) is 0.790. The maximum atomic E-state index is 11.9. The van der Waals surface area contributed by atoms with E-state index in [-0.39, 0.29) is 0 Å². The van der Waals surface area contributed by atoms with Gasteiger partial charge in [0.05, 0.1) is 6.54 Å². The van der Waals surface area contributed by atoms with Gasteiger partial charge in [-0.3, -0.25) is 0 Å². The topological polar surface area (TPSA) is 15.3 Å². The van der Waals surface area contributed by atoms with Crippen LogP contribution < -0.4 is 5.32 Å². The van der Waals surface area contributed by atoms with Crippen LogP contribution in [0, 0.1) is 0 Å². The zero-order valence-electron chi connectivity index (χ0n) is 10.4. The van der Waals surface area contributed by atoms with Gasteiger partial charge in [-0.25, -0.2) is 0 Å². The van der Waals surface area contributed by atoms with Crippen molar-refractivity contribution in [3.05, 3.63) is 0 Å². The Kier molecular flexibility index (Phi) is 5.60. The van der Waals surface area contributed by atoms with Crippen LogP contribution in [0.25, 0.3) is 0 Å². The number of rotatable bonds is 4. The summed E-state index contributed by atoms with van der Waals surface area (Å²) in [5.41, 5.74) is 0. The molecule has 1 rings (SSSR count). The molecule has 0 aromatic rings. The Balaban J connectivity index is 2.15. The van der Waals surface area contributed by atoms with E-state index in [9.17, 15) is 13.2 Å². The third-order valence-corrected chi connectivity index (χ3v) is 4.23. The summed E-state index contributed by atoms with van der Waals surface area (Å²) in [7, 11) is 0. The van der Waals surface area contributed by atoms with Crippen LogP contribution in [0.5, 0.6) is 0 Å². The molecule has 2 nitrogen and oxygen atoms in total. The lowest BCUT2D eigenvalue weighted by atomic mass is 10.1. The third kappa shape index (κ3) is 7.16. The maximum Gasteiger partial charge on any atom is 0.401 e. The molecule has 1 saturated heterocycles. The van der Waals surface area contributed by atoms with Gasteiger partial charge < -0.3 is 10.2 Å². The van der Waals surface area contributed by atoms with Crippen LogP contribution in [0.2, 0.25) is 0 Å². The third-order valence-electron chi connectivity index (χ3n) is 2.86. The van der Waals surface area contributed by atoms with Gasteiger partial charge in [0.25, 0.3) is 0 Å². The SMILES string of the molecule is CC1(C)CCN(CCNCC(F)(F)F)CCS1. The molecule has 0 radical (unpaired) electrons. The van der Waals surface area contributed by atoms with E-state index in [1.807, 2.05) is 11.8 Å². The molecule has 0 unspecified atom stereocenters. The first-order valence-electron chi connectivity index (χ1n) is 5.92. The highest BCUT2D eigenvalue weighted by atomic mass is 32.2. The van der Waals surface area contributed by atoms with Crippen LogP contribution in [-0.4, -0.2) is 54.3 Å². The average Bonchev–Trinajstić information content (AvgIpc) is 2.33. The van der Waals surface area contributed by atoms with Crippen molar-refractivity contribution in [1.29, 1.82) is 0 Å². The first kappa shape index (κ1) is 15.1. The van der Waals surface area contributed by atoms with E-state index in [1.54, 1.807) is 0 Å². The Labute approximate surface area is 105 Å². The molecule has 0 aromatic carbocycles. The monoisotopic (exact) mass is 270 g/mol. The van der Waals surface area contributed by atoms with Crippen molar-refractivity contribution < 1.29 is 13.2 Å². The second-order valence-electron chi connectivity index (χ2n) is 4.99. The van der Waals surface area contributed by atoms with Gasteiger partial charge in [-0.15, -0.1) is 0 Å². The Morgan fingerprint density at radius 1 is 1.29 bits per heavy atom. The summed E-state index contributed by atoms with van der Waals surface area (Å²) in [4.78, 5) is 2.24. The zero-order chi connectivity index (χ0) is 12.9. The van der Waals surface area contributed by atoms with Gasteiger partial charge in [-0.2, -0.15) is 24.9 Å². The molecule has 1 aliphatic heterocycles. The number of halogens is 3. The lowest BCUT2D eigenvalue weighted by Gasteiger charge is -2.22. The minimum atomic E-state index is -4.10. The van der Waals surface area contributed by atoms with Crippen molar-refractivity contribution in [3.8, 4) is 0 Å². The van der Waals surface area contributed by atoms with E-state index in [2.05, 4.69) is 24.1 Å². The van der Waals surface area contributed by atoms with Crippen LogP contribution in [0.3, 0.4) is 0 Å². The highest BCUT2D eigenvalue weighted by Gasteiger charge is 2.26. The molecular weight excluding hydrogens is 249 g/mol. The van der Waals surface area contributed by atoms with Crippen LogP contribution in [0.1, 0.15) is 20.3 Å². The standard InChI is InChI=1S/C11H21F3N2S/c1-10(2)3-5-16(7-8-17-10)6-4-15-9-11(12,13)14/h15H,3-9H2,1-2H3. The van der Waals surface area contributed by atoms with Gasteiger partial charge in [0.15, 0.2) is 0 Å². The maximum absolute atomic E-state index is 11.9. The van der Waals surface area contributed by atoms with E-state index in [0.29, 0.717) is 17.8 Å². The molecule has 17 heavy (non-hydrogen) atoms. The average molecular weight is 270 g/mol. The van der Waals surface area contributed by atoms with Crippen molar-refractivity contribution in [2.24, 2.45) is 0 Å². The van der Waals surface area contributed by atoms with Crippen LogP contribution in [0.15, 0.2) is 0 Å². The molecule has 1 heterocycles.